The number of nitrogens with zero attached hydrogens (tertiary/aromatic N) is 1. The fraction of sp³-hybridized carbons (Fsp3) is 0.533. The van der Waals surface area contributed by atoms with E-state index in [0.717, 1.165) is 43.0 Å². The van der Waals surface area contributed by atoms with Crippen molar-refractivity contribution in [2.24, 2.45) is 4.99 Å². The first kappa shape index (κ1) is 20.7. The van der Waals surface area contributed by atoms with Gasteiger partial charge in [0.1, 0.15) is 0 Å². The highest BCUT2D eigenvalue weighted by Crippen LogP contribution is 2.12. The summed E-state index contributed by atoms with van der Waals surface area (Å²) in [5.74, 6) is 0.832. The van der Waals surface area contributed by atoms with E-state index in [-0.39, 0.29) is 24.0 Å². The van der Waals surface area contributed by atoms with Crippen LogP contribution in [0.2, 0.25) is 0 Å². The predicted molar refractivity (Wildman–Crippen MR) is 104 cm³/mol. The Labute approximate surface area is 153 Å². The molecule has 0 saturated carbocycles. The van der Waals surface area contributed by atoms with Gasteiger partial charge in [0.25, 0.3) is 0 Å². The molecule has 0 aliphatic heterocycles. The molecule has 0 fully saturated rings. The number of aryl methyl sites for hydroxylation is 1. The van der Waals surface area contributed by atoms with E-state index in [1.54, 1.807) is 7.05 Å². The lowest BCUT2D eigenvalue weighted by atomic mass is 10.1. The average Bonchev–Trinajstić information content (AvgIpc) is 2.46. The Kier molecular flexibility index (Phi) is 13.1. The van der Waals surface area contributed by atoms with Gasteiger partial charge in [-0.25, -0.2) is 0 Å². The Balaban J connectivity index is 0.00000400. The number of benzene rings is 1. The molecule has 120 valence electrons. The normalized spacial score (nSPS) is 10.9. The highest BCUT2D eigenvalue weighted by atomic mass is 127. The van der Waals surface area contributed by atoms with E-state index >= 15 is 0 Å². The van der Waals surface area contributed by atoms with Gasteiger partial charge < -0.3 is 15.4 Å². The van der Waals surface area contributed by atoms with Crippen molar-refractivity contribution >= 4 is 45.9 Å². The van der Waals surface area contributed by atoms with Crippen LogP contribution in [0.1, 0.15) is 18.9 Å². The van der Waals surface area contributed by atoms with E-state index in [0.29, 0.717) is 6.61 Å². The van der Waals surface area contributed by atoms with Crippen LogP contribution in [-0.2, 0) is 11.2 Å². The first-order valence-corrected chi connectivity index (χ1v) is 7.82. The van der Waals surface area contributed by atoms with Crippen molar-refractivity contribution in [1.29, 1.82) is 0 Å². The van der Waals surface area contributed by atoms with Gasteiger partial charge in [-0.15, -0.1) is 24.0 Å². The van der Waals surface area contributed by atoms with Crippen molar-refractivity contribution in [3.63, 3.8) is 0 Å². The van der Waals surface area contributed by atoms with Crippen molar-refractivity contribution < 1.29 is 4.74 Å². The highest BCUT2D eigenvalue weighted by molar-refractivity contribution is 14.0. The van der Waals surface area contributed by atoms with Gasteiger partial charge in [0.2, 0.25) is 0 Å². The van der Waals surface area contributed by atoms with Gasteiger partial charge in [-0.2, -0.15) is 0 Å². The molecule has 1 aromatic rings. The fourth-order valence-electron chi connectivity index (χ4n) is 1.80. The van der Waals surface area contributed by atoms with Crippen molar-refractivity contribution in [3.05, 3.63) is 34.3 Å². The Morgan fingerprint density at radius 2 is 2.05 bits per heavy atom. The zero-order valence-electron chi connectivity index (χ0n) is 12.7. The third-order valence-electron chi connectivity index (χ3n) is 2.79. The first-order chi connectivity index (χ1) is 9.76. The van der Waals surface area contributed by atoms with E-state index in [9.17, 15) is 0 Å². The van der Waals surface area contributed by atoms with E-state index in [2.05, 4.69) is 49.8 Å². The van der Waals surface area contributed by atoms with Gasteiger partial charge in [-0.1, -0.05) is 28.1 Å². The number of hydrogen-bond donors (Lipinski definition) is 2. The van der Waals surface area contributed by atoms with Gasteiger partial charge in [0.05, 0.1) is 6.61 Å². The molecule has 0 saturated heterocycles. The van der Waals surface area contributed by atoms with Crippen LogP contribution < -0.4 is 10.6 Å². The van der Waals surface area contributed by atoms with Crippen LogP contribution >= 0.6 is 39.9 Å². The van der Waals surface area contributed by atoms with Crippen LogP contribution in [0.5, 0.6) is 0 Å². The molecule has 1 rings (SSSR count). The minimum Gasteiger partial charge on any atom is -0.380 e. The average molecular weight is 470 g/mol. The smallest absolute Gasteiger partial charge is 0.191 e. The van der Waals surface area contributed by atoms with Crippen molar-refractivity contribution in [2.75, 3.05) is 33.4 Å². The fourth-order valence-corrected chi connectivity index (χ4v) is 2.24. The molecule has 1 aromatic carbocycles. The van der Waals surface area contributed by atoms with Crippen molar-refractivity contribution in [2.45, 2.75) is 19.8 Å². The number of guanidine groups is 1. The van der Waals surface area contributed by atoms with Crippen LogP contribution in [-0.4, -0.2) is 39.3 Å². The lowest BCUT2D eigenvalue weighted by Gasteiger charge is -2.11. The second-order valence-corrected chi connectivity index (χ2v) is 5.27. The van der Waals surface area contributed by atoms with Crippen LogP contribution in [0.3, 0.4) is 0 Å². The van der Waals surface area contributed by atoms with Gasteiger partial charge in [-0.05, 0) is 37.5 Å². The van der Waals surface area contributed by atoms with Crippen molar-refractivity contribution in [1.82, 2.24) is 10.6 Å². The third-order valence-corrected chi connectivity index (χ3v) is 3.28. The number of aliphatic imine (C=N–C) groups is 1. The summed E-state index contributed by atoms with van der Waals surface area (Å²) < 4.78 is 6.41. The summed E-state index contributed by atoms with van der Waals surface area (Å²) in [5, 5.41) is 6.52. The first-order valence-electron chi connectivity index (χ1n) is 7.03. The zero-order valence-corrected chi connectivity index (χ0v) is 16.6. The number of rotatable bonds is 8. The van der Waals surface area contributed by atoms with E-state index in [1.807, 2.05) is 13.0 Å². The molecule has 0 radical (unpaired) electrons. The summed E-state index contributed by atoms with van der Waals surface area (Å²) in [6.45, 7) is 5.13. The maximum Gasteiger partial charge on any atom is 0.191 e. The van der Waals surface area contributed by atoms with E-state index < -0.39 is 0 Å². The molecular formula is C15H25BrIN3O. The Bertz CT molecular complexity index is 416. The Morgan fingerprint density at radius 1 is 1.29 bits per heavy atom. The SMILES string of the molecule is CCOCCNC(=NC)NCCCc1cccc(Br)c1.I. The number of nitrogens with one attached hydrogen (secondary N) is 2. The van der Waals surface area contributed by atoms with E-state index in [1.165, 1.54) is 5.56 Å². The van der Waals surface area contributed by atoms with Gasteiger partial charge in [-0.3, -0.25) is 4.99 Å². The Hall–Kier alpha value is -0.340. The van der Waals surface area contributed by atoms with Gasteiger partial charge >= 0.3 is 0 Å². The minimum absolute atomic E-state index is 0. The van der Waals surface area contributed by atoms with Crippen molar-refractivity contribution in [3.8, 4) is 0 Å². The predicted octanol–water partition coefficient (Wildman–Crippen LogP) is 3.20. The largest absolute Gasteiger partial charge is 0.380 e. The number of ether oxygens (including phenoxy) is 1. The molecular weight excluding hydrogens is 445 g/mol. The molecule has 4 nitrogen and oxygen atoms in total. The molecule has 0 bridgehead atoms. The zero-order chi connectivity index (χ0) is 14.6. The molecule has 0 atom stereocenters. The minimum atomic E-state index is 0. The lowest BCUT2D eigenvalue weighted by Crippen LogP contribution is -2.39. The summed E-state index contributed by atoms with van der Waals surface area (Å²) in [6.07, 6.45) is 2.13. The second kappa shape index (κ2) is 13.3. The molecule has 0 amide bonds. The standard InChI is InChI=1S/C15H24BrN3O.HI/c1-3-20-11-10-19-15(17-2)18-9-5-7-13-6-4-8-14(16)12-13;/h4,6,8,12H,3,5,7,9-11H2,1-2H3,(H2,17,18,19);1H. The molecule has 2 N–H and O–H groups in total. The molecule has 6 heteroatoms. The summed E-state index contributed by atoms with van der Waals surface area (Å²) >= 11 is 3.49. The van der Waals surface area contributed by atoms with Crippen LogP contribution in [0.4, 0.5) is 0 Å². The molecule has 0 aliphatic carbocycles. The lowest BCUT2D eigenvalue weighted by molar-refractivity contribution is 0.152. The summed E-state index contributed by atoms with van der Waals surface area (Å²) in [6, 6.07) is 8.43. The third kappa shape index (κ3) is 10.1. The summed E-state index contributed by atoms with van der Waals surface area (Å²) in [4.78, 5) is 4.18. The molecule has 0 spiro atoms. The summed E-state index contributed by atoms with van der Waals surface area (Å²) in [7, 11) is 1.78. The van der Waals surface area contributed by atoms with E-state index in [4.69, 9.17) is 4.74 Å². The number of hydrogen-bond acceptors (Lipinski definition) is 2. The Morgan fingerprint density at radius 3 is 2.71 bits per heavy atom. The molecule has 0 aromatic heterocycles. The van der Waals surface area contributed by atoms with Crippen LogP contribution in [0, 0.1) is 0 Å². The quantitative estimate of drug-likeness (QED) is 0.266. The molecule has 0 aliphatic rings. The number of halogens is 2. The summed E-state index contributed by atoms with van der Waals surface area (Å²) in [5.41, 5.74) is 1.35. The van der Waals surface area contributed by atoms with Crippen LogP contribution in [0.25, 0.3) is 0 Å². The van der Waals surface area contributed by atoms with Gasteiger partial charge in [0.15, 0.2) is 5.96 Å². The highest BCUT2D eigenvalue weighted by Gasteiger charge is 1.98. The topological polar surface area (TPSA) is 45.6 Å². The molecule has 0 heterocycles. The maximum atomic E-state index is 5.27. The molecule has 21 heavy (non-hydrogen) atoms. The monoisotopic (exact) mass is 469 g/mol. The second-order valence-electron chi connectivity index (χ2n) is 4.36. The van der Waals surface area contributed by atoms with Crippen LogP contribution in [0.15, 0.2) is 33.7 Å². The maximum absolute atomic E-state index is 5.27. The molecule has 0 unspecified atom stereocenters. The van der Waals surface area contributed by atoms with Gasteiger partial charge in [0, 0.05) is 31.2 Å².